The van der Waals surface area contributed by atoms with E-state index in [4.69, 9.17) is 51.4 Å². The maximum absolute atomic E-state index is 14.6. The Morgan fingerprint density at radius 2 is 0.655 bits per heavy atom. The molecule has 38 nitrogen and oxygen atoms in total. The van der Waals surface area contributed by atoms with Crippen LogP contribution in [0.5, 0.6) is 23.0 Å². The molecule has 8 N–H and O–H groups in total. The summed E-state index contributed by atoms with van der Waals surface area (Å²) in [5.41, 5.74) is 36.3. The Morgan fingerprint density at radius 1 is 0.338 bits per heavy atom. The number of piperidine rings is 1. The maximum Gasteiger partial charge on any atom is 0.277 e. The predicted molar refractivity (Wildman–Crippen MR) is 532 cm³/mol. The Balaban J connectivity index is 0.000000132. The SMILES string of the molecule is CCOc1ccc(-n2nc(C(N)=O)c3c2C(=O)N(c2ccc(N4CCCCC4=O)c(C)c2)CC3)cc1F.CCOc1ccc(-n2nc(C(N)=O)c3c2C(=O)N(c2ccc(N4CCOCC4=O)c(C)c2)CC3)cc1.CCOc1ccc(-n2nc(C(N)=O)c3c2C(=O)N(c2ccc(N4CCOCC4=O)c(C)c2)CC3)cc1F.COc1ccc(-n2nc(C(N)=O)c3c2C(=O)N(c2ccc(C(=O)N4CCCC4)c(C)c2)CC3)cc1. The lowest BCUT2D eigenvalue weighted by Crippen LogP contribution is -2.42. The van der Waals surface area contributed by atoms with Crippen molar-refractivity contribution in [1.82, 2.24) is 44.0 Å². The fourth-order valence-corrected chi connectivity index (χ4v) is 19.4. The number of anilines is 7. The number of aromatic nitrogens is 8. The van der Waals surface area contributed by atoms with E-state index in [-0.39, 0.29) is 112 Å². The predicted octanol–water partition coefficient (Wildman–Crippen LogP) is 10.9. The van der Waals surface area contributed by atoms with Gasteiger partial charge in [0.15, 0.2) is 45.9 Å². The van der Waals surface area contributed by atoms with Crippen molar-refractivity contribution in [3.8, 4) is 45.7 Å². The van der Waals surface area contributed by atoms with Gasteiger partial charge in [0.05, 0.1) is 62.9 Å². The van der Waals surface area contributed by atoms with Crippen LogP contribution in [0.2, 0.25) is 0 Å². The van der Waals surface area contributed by atoms with Crippen molar-refractivity contribution in [2.24, 2.45) is 22.9 Å². The number of benzene rings is 8. The third-order valence-electron chi connectivity index (χ3n) is 26.4. The molecule has 12 heterocycles. The van der Waals surface area contributed by atoms with Crippen LogP contribution in [0.15, 0.2) is 158 Å². The maximum atomic E-state index is 14.6. The quantitative estimate of drug-likeness (QED) is 0.0462. The van der Waals surface area contributed by atoms with E-state index in [1.807, 2.05) is 100 Å². The molecule has 12 amide bonds. The highest BCUT2D eigenvalue weighted by Crippen LogP contribution is 2.40. The molecule has 0 atom stereocenters. The van der Waals surface area contributed by atoms with E-state index in [9.17, 15) is 66.3 Å². The highest BCUT2D eigenvalue weighted by molar-refractivity contribution is 6.14. The zero-order chi connectivity index (χ0) is 103. The van der Waals surface area contributed by atoms with Gasteiger partial charge in [-0.05, 0) is 268 Å². The number of morpholine rings is 2. The number of halogens is 2. The lowest BCUT2D eigenvalue weighted by atomic mass is 10.0. The third kappa shape index (κ3) is 19.9. The van der Waals surface area contributed by atoms with Crippen molar-refractivity contribution >= 4 is 111 Å². The Labute approximate surface area is 831 Å². The zero-order valence-corrected chi connectivity index (χ0v) is 81.3. The summed E-state index contributed by atoms with van der Waals surface area (Å²) in [5, 5.41) is 17.4. The number of ether oxygens (including phenoxy) is 6. The second-order valence-electron chi connectivity index (χ2n) is 35.5. The Bertz CT molecular complexity index is 6970. The molecule has 145 heavy (non-hydrogen) atoms. The molecule has 8 aromatic carbocycles. The first kappa shape index (κ1) is 99.8. The summed E-state index contributed by atoms with van der Waals surface area (Å²) in [7, 11) is 1.57. The van der Waals surface area contributed by atoms with E-state index in [1.54, 1.807) is 128 Å². The normalized spacial score (nSPS) is 15.6. The van der Waals surface area contributed by atoms with Crippen LogP contribution in [0.4, 0.5) is 48.6 Å². The van der Waals surface area contributed by atoms with Crippen molar-refractivity contribution in [3.05, 3.63) is 265 Å². The van der Waals surface area contributed by atoms with E-state index in [2.05, 4.69) is 20.4 Å². The number of carbonyl (C=O) groups excluding carboxylic acids is 12. The molecule has 0 bridgehead atoms. The number of nitrogens with zero attached hydrogens (tertiary/aromatic N) is 16. The van der Waals surface area contributed by atoms with Crippen LogP contribution in [-0.4, -0.2) is 227 Å². The van der Waals surface area contributed by atoms with Crippen LogP contribution in [0.3, 0.4) is 0 Å². The van der Waals surface area contributed by atoms with Gasteiger partial charge >= 0.3 is 0 Å². The fraction of sp³-hybridized carbons (Fsp3) is 0.314. The molecule has 8 aliphatic rings. The topological polar surface area (TPSA) is 462 Å². The van der Waals surface area contributed by atoms with Gasteiger partial charge in [-0.25, -0.2) is 27.5 Å². The number of hydrogen-bond acceptors (Lipinski definition) is 22. The lowest BCUT2D eigenvalue weighted by Gasteiger charge is -2.31. The van der Waals surface area contributed by atoms with E-state index in [0.29, 0.717) is 196 Å². The summed E-state index contributed by atoms with van der Waals surface area (Å²) in [6.07, 6.45) is 6.00. The number of primary amides is 4. The van der Waals surface area contributed by atoms with Gasteiger partial charge in [-0.1, -0.05) is 0 Å². The van der Waals surface area contributed by atoms with Crippen LogP contribution in [0.1, 0.15) is 192 Å². The first-order chi connectivity index (χ1) is 69.9. The van der Waals surface area contributed by atoms with E-state index < -0.39 is 41.2 Å². The van der Waals surface area contributed by atoms with Gasteiger partial charge in [-0.15, -0.1) is 0 Å². The zero-order valence-electron chi connectivity index (χ0n) is 81.3. The van der Waals surface area contributed by atoms with Crippen LogP contribution in [0, 0.1) is 39.3 Å². The molecular weight excluding hydrogens is 1870 g/mol. The highest BCUT2D eigenvalue weighted by atomic mass is 19.1. The molecule has 12 aromatic rings. The monoisotopic (exact) mass is 1970 g/mol. The summed E-state index contributed by atoms with van der Waals surface area (Å²) in [4.78, 5) is 167. The van der Waals surface area contributed by atoms with Gasteiger partial charge in [-0.2, -0.15) is 20.4 Å². The minimum atomic E-state index is -0.766. The van der Waals surface area contributed by atoms with E-state index in [0.717, 1.165) is 78.1 Å². The van der Waals surface area contributed by atoms with Crippen LogP contribution >= 0.6 is 0 Å². The molecule has 8 aliphatic heterocycles. The number of amides is 12. The number of rotatable bonds is 23. The van der Waals surface area contributed by atoms with E-state index >= 15 is 0 Å². The minimum Gasteiger partial charge on any atom is -0.497 e. The number of hydrogen-bond donors (Lipinski definition) is 4. The number of carbonyl (C=O) groups is 12. The van der Waals surface area contributed by atoms with Gasteiger partial charge in [0.2, 0.25) is 5.91 Å². The number of aryl methyl sites for hydroxylation is 4. The Kier molecular flexibility index (Phi) is 29.3. The molecule has 0 saturated carbocycles. The van der Waals surface area contributed by atoms with Crippen molar-refractivity contribution in [2.75, 3.05) is 147 Å². The van der Waals surface area contributed by atoms with Crippen LogP contribution in [0.25, 0.3) is 22.7 Å². The average Bonchev–Trinajstić information content (AvgIpc) is 1.61. The van der Waals surface area contributed by atoms with Crippen molar-refractivity contribution < 1.29 is 94.7 Å². The summed E-state index contributed by atoms with van der Waals surface area (Å²) < 4.78 is 66.5. The fourth-order valence-electron chi connectivity index (χ4n) is 19.4. The van der Waals surface area contributed by atoms with E-state index in [1.165, 1.54) is 43.0 Å². The van der Waals surface area contributed by atoms with Crippen molar-refractivity contribution in [1.29, 1.82) is 0 Å². The molecular formula is C105H108F2N20O18. The second-order valence-corrected chi connectivity index (χ2v) is 35.5. The summed E-state index contributed by atoms with van der Waals surface area (Å²) in [5.74, 6) is -3.99. The number of fused-ring (bicyclic) bond motifs is 4. The Morgan fingerprint density at radius 3 is 0.972 bits per heavy atom. The Hall–Kier alpha value is -16.8. The van der Waals surface area contributed by atoms with Gasteiger partial charge in [0.1, 0.15) is 47.5 Å². The number of likely N-dealkylation sites (tertiary alicyclic amines) is 1. The number of nitrogens with two attached hydrogens (primary N) is 4. The van der Waals surface area contributed by atoms with Gasteiger partial charge in [0.25, 0.3) is 65.0 Å². The van der Waals surface area contributed by atoms with Gasteiger partial charge in [0, 0.05) is 145 Å². The first-order valence-electron chi connectivity index (χ1n) is 47.8. The largest absolute Gasteiger partial charge is 0.497 e. The second kappa shape index (κ2) is 42.6. The van der Waals surface area contributed by atoms with Crippen LogP contribution in [-0.2, 0) is 49.5 Å². The van der Waals surface area contributed by atoms with Gasteiger partial charge < -0.3 is 90.6 Å². The molecule has 40 heteroatoms. The highest BCUT2D eigenvalue weighted by Gasteiger charge is 2.42. The van der Waals surface area contributed by atoms with Crippen molar-refractivity contribution in [2.45, 2.75) is 106 Å². The summed E-state index contributed by atoms with van der Waals surface area (Å²) >= 11 is 0. The third-order valence-corrected chi connectivity index (χ3v) is 26.4. The average molecular weight is 1980 g/mol. The first-order valence-corrected chi connectivity index (χ1v) is 47.8. The van der Waals surface area contributed by atoms with Crippen molar-refractivity contribution in [3.63, 3.8) is 0 Å². The summed E-state index contributed by atoms with van der Waals surface area (Å²) in [6, 6.07) is 44.7. The summed E-state index contributed by atoms with van der Waals surface area (Å²) in [6.45, 7) is 19.7. The standard InChI is InChI=1S/C27H28FN5O4.C26H26FN5O5.C26H27N5O5.C26H27N5O4/c1-3-37-22-10-8-18(15-20(22)28)33-25-19(24(30-33)26(29)35)11-13-31(27(25)36)17-7-9-21(16(2)14-17)32-12-5-4-6-23(32)34;1-3-37-21-7-5-17(13-19(21)27)32-24-18(23(29-32)25(28)34)8-9-30(26(24)35)16-4-6-20(15(2)12-16)31-10-11-36-14-22(31)33;1-3-36-19-7-4-17(5-8-19)31-24-20(23(28-31)25(27)33)10-11-29(26(24)34)18-6-9-21(16(2)14-18)30-12-13-35-15-22(30)32;1-16-15-18(7-10-20(16)25(33)29-12-3-4-13-29)30-14-11-21-22(24(27)32)28-31(23(21)26(30)34)17-5-8-19(35-2)9-6-17/h7-10,14-15H,3-6,11-13H2,1-2H3,(H2,29,35);4-7,12-13H,3,8-11,14H2,1-2H3,(H2,28,34);4-9,14H,3,10-13,15H2,1-2H3,(H2,27,33);5-10,15H,3-4,11-14H2,1-2H3,(H2,27,32). The molecule has 0 unspecified atom stereocenters. The molecule has 0 spiro atoms. The molecule has 20 rings (SSSR count). The minimum absolute atomic E-state index is 0.00701. The molecule has 4 aromatic heterocycles. The van der Waals surface area contributed by atoms with Crippen LogP contribution < -0.4 is 76.2 Å². The lowest BCUT2D eigenvalue weighted by molar-refractivity contribution is -0.126. The molecule has 4 saturated heterocycles. The smallest absolute Gasteiger partial charge is 0.277 e. The molecule has 750 valence electrons. The molecule has 0 radical (unpaired) electrons. The number of methoxy groups -OCH3 is 1. The van der Waals surface area contributed by atoms with Gasteiger partial charge in [-0.3, -0.25) is 57.5 Å². The molecule has 0 aliphatic carbocycles. The molecule has 4 fully saturated rings.